The van der Waals surface area contributed by atoms with Crippen LogP contribution in [-0.2, 0) is 24.1 Å². The van der Waals surface area contributed by atoms with Crippen molar-refractivity contribution in [2.24, 2.45) is 0 Å². The van der Waals surface area contributed by atoms with Crippen LogP contribution in [0.5, 0.6) is 0 Å². The summed E-state index contributed by atoms with van der Waals surface area (Å²) in [5.41, 5.74) is 4.13. The van der Waals surface area contributed by atoms with Crippen LogP contribution < -0.4 is 0 Å². The van der Waals surface area contributed by atoms with Gasteiger partial charge in [-0.2, -0.15) is 5.10 Å². The van der Waals surface area contributed by atoms with Crippen molar-refractivity contribution in [3.8, 4) is 16.8 Å². The number of esters is 1. The minimum absolute atomic E-state index is 0.141. The highest BCUT2D eigenvalue weighted by molar-refractivity contribution is 6.06. The van der Waals surface area contributed by atoms with Crippen LogP contribution in [0.2, 0.25) is 0 Å². The summed E-state index contributed by atoms with van der Waals surface area (Å²) in [5, 5.41) is 14.9. The van der Waals surface area contributed by atoms with Crippen LogP contribution in [0.25, 0.3) is 16.8 Å². The first kappa shape index (κ1) is 29.8. The molecule has 4 aromatic rings. The Balaban J connectivity index is 1.70. The van der Waals surface area contributed by atoms with E-state index in [0.717, 1.165) is 24.1 Å². The van der Waals surface area contributed by atoms with Crippen molar-refractivity contribution in [1.29, 1.82) is 0 Å². The Kier molecular flexibility index (Phi) is 8.48. The number of unbranched alkanes of at least 4 members (excludes halogenated alkanes) is 1. The third kappa shape index (κ3) is 6.38. The summed E-state index contributed by atoms with van der Waals surface area (Å²) in [6.45, 7) is 8.35. The first-order valence-electron chi connectivity index (χ1n) is 14.7. The first-order chi connectivity index (χ1) is 20.6. The van der Waals surface area contributed by atoms with Crippen molar-refractivity contribution in [3.05, 3.63) is 106 Å². The van der Waals surface area contributed by atoms with Crippen LogP contribution in [0, 0.1) is 0 Å². The van der Waals surface area contributed by atoms with Gasteiger partial charge in [0, 0.05) is 24.2 Å². The van der Waals surface area contributed by atoms with Gasteiger partial charge in [0.15, 0.2) is 5.69 Å². The molecule has 1 aliphatic rings. The zero-order chi connectivity index (χ0) is 30.7. The molecule has 0 saturated heterocycles. The van der Waals surface area contributed by atoms with E-state index in [1.54, 1.807) is 48.6 Å². The molecule has 8 heteroatoms. The van der Waals surface area contributed by atoms with Gasteiger partial charge in [-0.15, -0.1) is 0 Å². The maximum Gasteiger partial charge on any atom is 0.357 e. The second-order valence-electron chi connectivity index (χ2n) is 11.8. The van der Waals surface area contributed by atoms with Crippen LogP contribution in [0.15, 0.2) is 72.8 Å². The summed E-state index contributed by atoms with van der Waals surface area (Å²) < 4.78 is 7.29. The van der Waals surface area contributed by atoms with Crippen LogP contribution in [0.1, 0.15) is 88.6 Å². The number of carbonyl (C=O) groups is 3. The molecular formula is C35H37N3O5. The van der Waals surface area contributed by atoms with Crippen molar-refractivity contribution < 1.29 is 24.2 Å². The summed E-state index contributed by atoms with van der Waals surface area (Å²) >= 11 is 0. The van der Waals surface area contributed by atoms with Gasteiger partial charge in [0.05, 0.1) is 16.9 Å². The van der Waals surface area contributed by atoms with E-state index < -0.39 is 17.5 Å². The minimum Gasteiger partial charge on any atom is -0.476 e. The highest BCUT2D eigenvalue weighted by Gasteiger charge is 2.31. The first-order valence-corrected chi connectivity index (χ1v) is 14.7. The van der Waals surface area contributed by atoms with E-state index >= 15 is 0 Å². The number of aromatic nitrogens is 2. The lowest BCUT2D eigenvalue weighted by atomic mass is 9.92. The minimum atomic E-state index is -1.19. The van der Waals surface area contributed by atoms with Crippen molar-refractivity contribution in [3.63, 3.8) is 0 Å². The van der Waals surface area contributed by atoms with Gasteiger partial charge in [-0.05, 0) is 81.0 Å². The SMILES string of the molecule is CCCCc1c(-c2ccc(C(=O)OC(C)(C)C)cc2C(=O)N2CCc3ccccc3C2)c(C(=O)O)nn1-c1ccccc1. The number of nitrogens with zero attached hydrogens (tertiary/aromatic N) is 3. The zero-order valence-electron chi connectivity index (χ0n) is 25.1. The molecule has 2 heterocycles. The molecule has 0 atom stereocenters. The molecule has 0 saturated carbocycles. The second kappa shape index (κ2) is 12.3. The molecule has 1 N–H and O–H groups in total. The summed E-state index contributed by atoms with van der Waals surface area (Å²) in [5.74, 6) is -2.02. The van der Waals surface area contributed by atoms with Gasteiger partial charge in [0.1, 0.15) is 5.60 Å². The fourth-order valence-corrected chi connectivity index (χ4v) is 5.49. The maximum atomic E-state index is 14.3. The number of carboxylic acid groups (broad SMARTS) is 1. The van der Waals surface area contributed by atoms with Crippen LogP contribution in [-0.4, -0.2) is 49.8 Å². The topological polar surface area (TPSA) is 102 Å². The average molecular weight is 580 g/mol. The number of hydrogen-bond acceptors (Lipinski definition) is 5. The van der Waals surface area contributed by atoms with Gasteiger partial charge in [-0.25, -0.2) is 14.3 Å². The van der Waals surface area contributed by atoms with E-state index in [9.17, 15) is 19.5 Å². The number of amides is 1. The van der Waals surface area contributed by atoms with E-state index in [4.69, 9.17) is 4.74 Å². The number of ether oxygens (including phenoxy) is 1. The van der Waals surface area contributed by atoms with Gasteiger partial charge in [-0.3, -0.25) is 4.79 Å². The largest absolute Gasteiger partial charge is 0.476 e. The predicted molar refractivity (Wildman–Crippen MR) is 165 cm³/mol. The Morgan fingerprint density at radius 2 is 1.65 bits per heavy atom. The Labute approximate surface area is 251 Å². The molecular weight excluding hydrogens is 542 g/mol. The van der Waals surface area contributed by atoms with Crippen molar-refractivity contribution in [2.45, 2.75) is 65.5 Å². The average Bonchev–Trinajstić information content (AvgIpc) is 3.38. The summed E-state index contributed by atoms with van der Waals surface area (Å²) in [7, 11) is 0. The number of rotatable bonds is 8. The number of fused-ring (bicyclic) bond motifs is 1. The molecule has 0 bridgehead atoms. The molecule has 8 nitrogen and oxygen atoms in total. The lowest BCUT2D eigenvalue weighted by molar-refractivity contribution is 0.00692. The molecule has 0 fully saturated rings. The van der Waals surface area contributed by atoms with E-state index in [1.165, 1.54) is 5.56 Å². The standard InChI is InChI=1S/C35H37N3O5/c1-5-6-16-29-30(31(33(40)41)36-38(29)26-14-8-7-9-15-26)27-18-17-24(34(42)43-35(2,3)4)21-28(27)32(39)37-20-19-23-12-10-11-13-25(23)22-37/h7-15,17-18,21H,5-6,16,19-20,22H2,1-4H3,(H,40,41). The Morgan fingerprint density at radius 1 is 0.953 bits per heavy atom. The molecule has 3 aromatic carbocycles. The van der Waals surface area contributed by atoms with Gasteiger partial charge in [0.2, 0.25) is 0 Å². The van der Waals surface area contributed by atoms with Crippen LogP contribution in [0.3, 0.4) is 0 Å². The van der Waals surface area contributed by atoms with Gasteiger partial charge < -0.3 is 14.7 Å². The highest BCUT2D eigenvalue weighted by atomic mass is 16.6. The fraction of sp³-hybridized carbons (Fsp3) is 0.314. The molecule has 0 radical (unpaired) electrons. The van der Waals surface area contributed by atoms with Crippen molar-refractivity contribution in [1.82, 2.24) is 14.7 Å². The number of aromatic carboxylic acids is 1. The smallest absolute Gasteiger partial charge is 0.357 e. The summed E-state index contributed by atoms with van der Waals surface area (Å²) in [6, 6.07) is 22.2. The fourth-order valence-electron chi connectivity index (χ4n) is 5.49. The van der Waals surface area contributed by atoms with Gasteiger partial charge >= 0.3 is 11.9 Å². The third-order valence-corrected chi connectivity index (χ3v) is 7.52. The van der Waals surface area contributed by atoms with Gasteiger partial charge in [0.25, 0.3) is 5.91 Å². The molecule has 1 amide bonds. The van der Waals surface area contributed by atoms with E-state index in [0.29, 0.717) is 42.8 Å². The molecule has 0 aliphatic carbocycles. The number of benzene rings is 3. The maximum absolute atomic E-state index is 14.3. The van der Waals surface area contributed by atoms with E-state index in [-0.39, 0.29) is 22.7 Å². The molecule has 43 heavy (non-hydrogen) atoms. The van der Waals surface area contributed by atoms with E-state index in [1.807, 2.05) is 48.5 Å². The lowest BCUT2D eigenvalue weighted by Gasteiger charge is -2.30. The quantitative estimate of drug-likeness (QED) is 0.232. The number of carboxylic acids is 1. The zero-order valence-corrected chi connectivity index (χ0v) is 25.1. The predicted octanol–water partition coefficient (Wildman–Crippen LogP) is 6.73. The molecule has 5 rings (SSSR count). The summed E-state index contributed by atoms with van der Waals surface area (Å²) in [6.07, 6.45) is 2.95. The molecule has 1 aliphatic heterocycles. The number of carbonyl (C=O) groups excluding carboxylic acids is 2. The van der Waals surface area contributed by atoms with Crippen LogP contribution >= 0.6 is 0 Å². The Bertz CT molecular complexity index is 1670. The Hall–Kier alpha value is -4.72. The number of para-hydroxylation sites is 1. The third-order valence-electron chi connectivity index (χ3n) is 7.52. The monoisotopic (exact) mass is 579 g/mol. The summed E-state index contributed by atoms with van der Waals surface area (Å²) in [4.78, 5) is 41.9. The second-order valence-corrected chi connectivity index (χ2v) is 11.8. The van der Waals surface area contributed by atoms with Crippen LogP contribution in [0.4, 0.5) is 0 Å². The lowest BCUT2D eigenvalue weighted by Crippen LogP contribution is -2.36. The molecule has 0 unspecified atom stereocenters. The Morgan fingerprint density at radius 3 is 2.33 bits per heavy atom. The van der Waals surface area contributed by atoms with Crippen molar-refractivity contribution >= 4 is 17.8 Å². The van der Waals surface area contributed by atoms with Gasteiger partial charge in [-0.1, -0.05) is 61.9 Å². The normalized spacial score (nSPS) is 13.0. The molecule has 0 spiro atoms. The molecule has 222 valence electrons. The number of hydrogen-bond donors (Lipinski definition) is 1. The van der Waals surface area contributed by atoms with E-state index in [2.05, 4.69) is 18.1 Å². The van der Waals surface area contributed by atoms with Crippen molar-refractivity contribution in [2.75, 3.05) is 6.54 Å². The highest BCUT2D eigenvalue weighted by Crippen LogP contribution is 2.35. The molecule has 1 aromatic heterocycles.